The maximum absolute atomic E-state index is 12.6. The van der Waals surface area contributed by atoms with Gasteiger partial charge in [0.2, 0.25) is 0 Å². The van der Waals surface area contributed by atoms with E-state index in [1.165, 1.54) is 34.2 Å². The van der Waals surface area contributed by atoms with Gasteiger partial charge in [-0.3, -0.25) is 9.69 Å². The summed E-state index contributed by atoms with van der Waals surface area (Å²) < 4.78 is 0. The highest BCUT2D eigenvalue weighted by molar-refractivity contribution is 5.76. The molecule has 2 heterocycles. The molecule has 0 radical (unpaired) electrons. The highest BCUT2D eigenvalue weighted by atomic mass is 16.1. The standard InChI is InChI=1S/C22H24N2O/c25-22-18-9-3-2-8-16(18)20-13-19-15(14-24-11-4-1-5-12-24)7-6-10-17(19)21(20)23-22/h1,4,6-7,10H,2-3,5,8-9,11-14H2,(H,23,25). The van der Waals surface area contributed by atoms with E-state index in [1.807, 2.05) is 0 Å². The molecule has 128 valence electrons. The zero-order chi connectivity index (χ0) is 16.8. The van der Waals surface area contributed by atoms with Crippen LogP contribution in [0.3, 0.4) is 0 Å². The third-order valence-electron chi connectivity index (χ3n) is 6.08. The number of rotatable bonds is 2. The second-order valence-electron chi connectivity index (χ2n) is 7.59. The van der Waals surface area contributed by atoms with Gasteiger partial charge in [0.25, 0.3) is 5.56 Å². The lowest BCUT2D eigenvalue weighted by Crippen LogP contribution is -2.27. The molecule has 1 aromatic carbocycles. The van der Waals surface area contributed by atoms with Crippen molar-refractivity contribution in [3.05, 3.63) is 68.5 Å². The van der Waals surface area contributed by atoms with Crippen LogP contribution in [-0.2, 0) is 25.8 Å². The Morgan fingerprint density at radius 2 is 1.88 bits per heavy atom. The summed E-state index contributed by atoms with van der Waals surface area (Å²) in [7, 11) is 0. The SMILES string of the molecule is O=c1[nH]c2c(c3c1CCCC3)Cc1c(CN3CC=CCC3)cccc1-2. The molecule has 0 spiro atoms. The third kappa shape index (κ3) is 2.49. The number of hydrogen-bond donors (Lipinski definition) is 1. The minimum absolute atomic E-state index is 0.146. The minimum Gasteiger partial charge on any atom is -0.321 e. The second-order valence-corrected chi connectivity index (χ2v) is 7.59. The Bertz CT molecular complexity index is 922. The summed E-state index contributed by atoms with van der Waals surface area (Å²) in [6.07, 6.45) is 11.1. The minimum atomic E-state index is 0.146. The van der Waals surface area contributed by atoms with Crippen LogP contribution >= 0.6 is 0 Å². The molecule has 0 saturated carbocycles. The second kappa shape index (κ2) is 5.99. The Morgan fingerprint density at radius 3 is 2.72 bits per heavy atom. The van der Waals surface area contributed by atoms with Crippen LogP contribution in [0.5, 0.6) is 0 Å². The molecule has 0 saturated heterocycles. The van der Waals surface area contributed by atoms with Gasteiger partial charge in [0, 0.05) is 37.2 Å². The summed E-state index contributed by atoms with van der Waals surface area (Å²) in [6.45, 7) is 3.19. The summed E-state index contributed by atoms with van der Waals surface area (Å²) in [4.78, 5) is 18.3. The van der Waals surface area contributed by atoms with Crippen molar-refractivity contribution in [1.82, 2.24) is 9.88 Å². The molecule has 1 N–H and O–H groups in total. The van der Waals surface area contributed by atoms with Crippen LogP contribution in [0.25, 0.3) is 11.3 Å². The summed E-state index contributed by atoms with van der Waals surface area (Å²) in [5.74, 6) is 0. The number of hydrogen-bond acceptors (Lipinski definition) is 2. The van der Waals surface area contributed by atoms with Crippen LogP contribution in [0.4, 0.5) is 0 Å². The molecular weight excluding hydrogens is 308 g/mol. The van der Waals surface area contributed by atoms with E-state index in [0.29, 0.717) is 0 Å². The van der Waals surface area contributed by atoms with Crippen molar-refractivity contribution in [3.8, 4) is 11.3 Å². The molecule has 1 aromatic heterocycles. The van der Waals surface area contributed by atoms with Crippen molar-refractivity contribution in [2.45, 2.75) is 45.1 Å². The van der Waals surface area contributed by atoms with Crippen LogP contribution < -0.4 is 5.56 Å². The molecule has 25 heavy (non-hydrogen) atoms. The smallest absolute Gasteiger partial charge is 0.251 e. The van der Waals surface area contributed by atoms with Gasteiger partial charge in [0.1, 0.15) is 0 Å². The van der Waals surface area contributed by atoms with Crippen molar-refractivity contribution >= 4 is 0 Å². The zero-order valence-corrected chi connectivity index (χ0v) is 14.6. The molecule has 5 rings (SSSR count). The fraction of sp³-hybridized carbons (Fsp3) is 0.409. The van der Waals surface area contributed by atoms with Crippen LogP contribution in [0.15, 0.2) is 35.1 Å². The highest BCUT2D eigenvalue weighted by Crippen LogP contribution is 2.40. The lowest BCUT2D eigenvalue weighted by molar-refractivity contribution is 0.290. The van der Waals surface area contributed by atoms with Crippen LogP contribution in [0.1, 0.15) is 47.1 Å². The number of aromatic amines is 1. The first-order valence-corrected chi connectivity index (χ1v) is 9.56. The van der Waals surface area contributed by atoms with E-state index in [1.54, 1.807) is 0 Å². The van der Waals surface area contributed by atoms with Gasteiger partial charge < -0.3 is 4.98 Å². The van der Waals surface area contributed by atoms with Crippen molar-refractivity contribution in [2.24, 2.45) is 0 Å². The van der Waals surface area contributed by atoms with Crippen LogP contribution in [-0.4, -0.2) is 23.0 Å². The molecule has 0 bridgehead atoms. The van der Waals surface area contributed by atoms with Gasteiger partial charge in [0.15, 0.2) is 0 Å². The van der Waals surface area contributed by atoms with E-state index in [4.69, 9.17) is 0 Å². The number of aromatic nitrogens is 1. The molecule has 0 atom stereocenters. The maximum atomic E-state index is 12.6. The van der Waals surface area contributed by atoms with Gasteiger partial charge in [-0.25, -0.2) is 0 Å². The topological polar surface area (TPSA) is 36.1 Å². The lowest BCUT2D eigenvalue weighted by atomic mass is 9.88. The first-order valence-electron chi connectivity index (χ1n) is 9.56. The molecule has 3 aliphatic rings. The molecule has 2 aliphatic carbocycles. The molecule has 0 fully saturated rings. The van der Waals surface area contributed by atoms with E-state index < -0.39 is 0 Å². The lowest BCUT2D eigenvalue weighted by Gasteiger charge is -2.24. The van der Waals surface area contributed by atoms with Gasteiger partial charge in [-0.05, 0) is 54.4 Å². The third-order valence-corrected chi connectivity index (χ3v) is 6.08. The molecule has 3 heteroatoms. The van der Waals surface area contributed by atoms with E-state index >= 15 is 0 Å². The van der Waals surface area contributed by atoms with Crippen LogP contribution in [0, 0.1) is 0 Å². The quantitative estimate of drug-likeness (QED) is 0.728. The number of benzene rings is 1. The van der Waals surface area contributed by atoms with Crippen LogP contribution in [0.2, 0.25) is 0 Å². The first-order chi connectivity index (χ1) is 12.3. The summed E-state index contributed by atoms with van der Waals surface area (Å²) in [5.41, 5.74) is 9.17. The Balaban J connectivity index is 1.57. The van der Waals surface area contributed by atoms with E-state index in [9.17, 15) is 4.79 Å². The normalized spacial score (nSPS) is 18.7. The number of nitrogens with zero attached hydrogens (tertiary/aromatic N) is 1. The Hall–Kier alpha value is -2.13. The Labute approximate surface area is 148 Å². The van der Waals surface area contributed by atoms with Crippen molar-refractivity contribution in [3.63, 3.8) is 0 Å². The van der Waals surface area contributed by atoms with Gasteiger partial charge in [0.05, 0.1) is 5.69 Å². The molecular formula is C22H24N2O. The van der Waals surface area contributed by atoms with E-state index in [2.05, 4.69) is 40.2 Å². The zero-order valence-electron chi connectivity index (χ0n) is 14.6. The predicted octanol–water partition coefficient (Wildman–Crippen LogP) is 3.59. The fourth-order valence-corrected chi connectivity index (χ4v) is 4.81. The van der Waals surface area contributed by atoms with Gasteiger partial charge in [-0.1, -0.05) is 30.4 Å². The monoisotopic (exact) mass is 332 g/mol. The number of pyridine rings is 1. The number of H-pyrrole nitrogens is 1. The largest absolute Gasteiger partial charge is 0.321 e. The fourth-order valence-electron chi connectivity index (χ4n) is 4.81. The average Bonchev–Trinajstić information content (AvgIpc) is 3.03. The van der Waals surface area contributed by atoms with Gasteiger partial charge in [-0.2, -0.15) is 0 Å². The first kappa shape index (κ1) is 15.2. The number of fused-ring (bicyclic) bond motifs is 5. The van der Waals surface area contributed by atoms with Crippen molar-refractivity contribution in [2.75, 3.05) is 13.1 Å². The van der Waals surface area contributed by atoms with Crippen molar-refractivity contribution < 1.29 is 0 Å². The molecule has 2 aromatic rings. The summed E-state index contributed by atoms with van der Waals surface area (Å²) in [6, 6.07) is 6.61. The van der Waals surface area contributed by atoms with E-state index in [-0.39, 0.29) is 5.56 Å². The Morgan fingerprint density at radius 1 is 1.00 bits per heavy atom. The molecule has 0 unspecified atom stereocenters. The number of nitrogens with one attached hydrogen (secondary N) is 1. The average molecular weight is 332 g/mol. The molecule has 0 amide bonds. The Kier molecular flexibility index (Phi) is 3.63. The summed E-state index contributed by atoms with van der Waals surface area (Å²) in [5, 5.41) is 0. The molecule has 1 aliphatic heterocycles. The van der Waals surface area contributed by atoms with Gasteiger partial charge >= 0.3 is 0 Å². The van der Waals surface area contributed by atoms with Gasteiger partial charge in [-0.15, -0.1) is 0 Å². The van der Waals surface area contributed by atoms with Crippen molar-refractivity contribution in [1.29, 1.82) is 0 Å². The summed E-state index contributed by atoms with van der Waals surface area (Å²) >= 11 is 0. The predicted molar refractivity (Wildman–Crippen MR) is 101 cm³/mol. The maximum Gasteiger partial charge on any atom is 0.251 e. The van der Waals surface area contributed by atoms with E-state index in [0.717, 1.165) is 63.0 Å². The highest BCUT2D eigenvalue weighted by Gasteiger charge is 2.28. The molecule has 3 nitrogen and oxygen atoms in total.